The maximum atomic E-state index is 2.67. The quantitative estimate of drug-likeness (QED) is 0.200. The molecule has 0 saturated carbocycles. The van der Waals surface area contributed by atoms with E-state index in [-0.39, 0.29) is 0 Å². The van der Waals surface area contributed by atoms with Crippen molar-refractivity contribution in [3.05, 3.63) is 11.6 Å². The molecule has 0 N–H and O–H groups in total. The van der Waals surface area contributed by atoms with Gasteiger partial charge in [-0.15, -0.1) is 0 Å². The lowest BCUT2D eigenvalue weighted by molar-refractivity contribution is 0.0849. The van der Waals surface area contributed by atoms with E-state index in [0.717, 1.165) is 66.6 Å². The Morgan fingerprint density at radius 3 is 0.861 bits per heavy atom. The highest BCUT2D eigenvalue weighted by Crippen LogP contribution is 2.33. The van der Waals surface area contributed by atoms with Gasteiger partial charge in [-0.1, -0.05) is 109 Å². The average Bonchev–Trinajstić information content (AvgIpc) is 3.91. The second kappa shape index (κ2) is 46.5. The maximum Gasteiger partial charge on any atom is 0.0242 e. The monoisotopic (exact) mass is 1020 g/mol. The van der Waals surface area contributed by atoms with Crippen LogP contribution in [0, 0.1) is 17.8 Å². The summed E-state index contributed by atoms with van der Waals surface area (Å²) in [7, 11) is 0. The van der Waals surface area contributed by atoms with Crippen molar-refractivity contribution in [1.82, 2.24) is 39.2 Å². The third kappa shape index (κ3) is 32.2. The Morgan fingerprint density at radius 2 is 0.639 bits per heavy atom. The van der Waals surface area contributed by atoms with Gasteiger partial charge in [0.2, 0.25) is 0 Å². The topological polar surface area (TPSA) is 25.9 Å². The molecule has 0 amide bonds. The van der Waals surface area contributed by atoms with Gasteiger partial charge in [0.05, 0.1) is 0 Å². The smallest absolute Gasteiger partial charge is 0.0242 e. The number of likely N-dealkylation sites (tertiary alicyclic amines) is 3. The zero-order valence-corrected chi connectivity index (χ0v) is 55.6. The summed E-state index contributed by atoms with van der Waals surface area (Å²) in [4.78, 5) is 20.7. The summed E-state index contributed by atoms with van der Waals surface area (Å²) in [6.45, 7) is 83.7. The zero-order valence-electron chi connectivity index (χ0n) is 55.6. The van der Waals surface area contributed by atoms with E-state index < -0.39 is 0 Å². The van der Waals surface area contributed by atoms with Gasteiger partial charge in [0.25, 0.3) is 0 Å². The Balaban J connectivity index is -0.000000384. The van der Waals surface area contributed by atoms with Crippen LogP contribution in [-0.2, 0) is 0 Å². The predicted molar refractivity (Wildman–Crippen MR) is 333 cm³/mol. The molecule has 6 aliphatic rings. The van der Waals surface area contributed by atoms with Crippen LogP contribution in [0.4, 0.5) is 0 Å². The summed E-state index contributed by atoms with van der Waals surface area (Å²) in [5.74, 6) is 2.62. The van der Waals surface area contributed by atoms with Crippen molar-refractivity contribution >= 4 is 0 Å². The van der Waals surface area contributed by atoms with Crippen LogP contribution in [0.25, 0.3) is 0 Å². The molecule has 0 aromatic rings. The summed E-state index contributed by atoms with van der Waals surface area (Å²) in [5.41, 5.74) is 1.65. The van der Waals surface area contributed by atoms with E-state index in [0.29, 0.717) is 18.1 Å². The lowest BCUT2D eigenvalue weighted by Crippen LogP contribution is -2.50. The molecule has 5 saturated heterocycles. The van der Waals surface area contributed by atoms with Gasteiger partial charge in [0.1, 0.15) is 0 Å². The molecule has 0 aromatic heterocycles. The molecule has 2 bridgehead atoms. The number of hydrogen-bond donors (Lipinski definition) is 0. The first-order valence-electron chi connectivity index (χ1n) is 31.7. The molecule has 438 valence electrons. The average molecular weight is 1020 g/mol. The maximum absolute atomic E-state index is 2.67. The third-order valence-corrected chi connectivity index (χ3v) is 15.5. The van der Waals surface area contributed by atoms with Crippen molar-refractivity contribution in [1.29, 1.82) is 0 Å². The van der Waals surface area contributed by atoms with E-state index >= 15 is 0 Å². The van der Waals surface area contributed by atoms with Crippen LogP contribution in [0.3, 0.4) is 0 Å². The van der Waals surface area contributed by atoms with E-state index in [1.807, 2.05) is 69.2 Å². The Labute approximate surface area is 458 Å². The van der Waals surface area contributed by atoms with Crippen molar-refractivity contribution < 1.29 is 0 Å². The Hall–Kier alpha value is -0.580. The minimum absolute atomic E-state index is 0.704. The fourth-order valence-electron chi connectivity index (χ4n) is 10.6. The van der Waals surface area contributed by atoms with Crippen LogP contribution in [-0.4, -0.2) is 191 Å². The molecule has 0 spiro atoms. The first-order chi connectivity index (χ1) is 34.0. The standard InChI is InChI=1S/C11H22N2.C11H24N2.C11H23N.C11H21N.C10H22N2.5C2H6/c1-8(2)12-6-11-5-10(12)7-13(11)9(3)4;1-10(2)12-6-5-7-13(9-8-12)11(3)4;3*1-9(2)11-5-7-12(8-6-11)10(3)4;5*1-2/h8-11H,5-7H2,1-4H3;10-11H,5-9H2,1-4H3;9-11H,5-8H2,1-4H3;5,9-10H,6-8H2,1-4H3;9-10H,5-8H2,1-4H3;5*1-2H3. The molecule has 72 heavy (non-hydrogen) atoms. The van der Waals surface area contributed by atoms with Gasteiger partial charge in [0.15, 0.2) is 0 Å². The lowest BCUT2D eigenvalue weighted by Gasteiger charge is -2.38. The molecular weight excluding hydrogens is 881 g/mol. The Morgan fingerprint density at radius 1 is 0.347 bits per heavy atom. The number of rotatable bonds is 10. The van der Waals surface area contributed by atoms with Crippen molar-refractivity contribution in [2.75, 3.05) is 91.6 Å². The molecule has 6 rings (SSSR count). The van der Waals surface area contributed by atoms with E-state index in [9.17, 15) is 0 Å². The van der Waals surface area contributed by atoms with Crippen molar-refractivity contribution in [3.63, 3.8) is 0 Å². The molecular formula is C64H142N8. The SMILES string of the molecule is CC.CC.CC.CC.CC.CC(C)C1=CCN(C(C)C)CC1.CC(C)C1CCN(C(C)C)CC1.CC(C)N1CC2CC1CN2C(C)C.CC(C)N1CCCN(C(C)C)CC1.CC(C)N1CCN(C(C)C)CC1. The minimum atomic E-state index is 0.704. The normalized spacial score (nSPS) is 21.8. The summed E-state index contributed by atoms with van der Waals surface area (Å²) in [6, 6.07) is 7.51. The van der Waals surface area contributed by atoms with Crippen LogP contribution >= 0.6 is 0 Å². The fourth-order valence-corrected chi connectivity index (χ4v) is 10.6. The van der Waals surface area contributed by atoms with Crippen LogP contribution in [0.2, 0.25) is 0 Å². The second-order valence-corrected chi connectivity index (χ2v) is 23.0. The van der Waals surface area contributed by atoms with Gasteiger partial charge < -0.3 is 4.90 Å². The van der Waals surface area contributed by atoms with E-state index in [4.69, 9.17) is 0 Å². The van der Waals surface area contributed by atoms with Gasteiger partial charge in [-0.05, 0) is 187 Å². The molecule has 5 fully saturated rings. The molecule has 8 nitrogen and oxygen atoms in total. The van der Waals surface area contributed by atoms with Crippen LogP contribution in [0.5, 0.6) is 0 Å². The van der Waals surface area contributed by atoms with Crippen molar-refractivity contribution in [3.8, 4) is 0 Å². The first-order valence-corrected chi connectivity index (χ1v) is 31.7. The van der Waals surface area contributed by atoms with Gasteiger partial charge in [0, 0.05) is 126 Å². The van der Waals surface area contributed by atoms with Crippen LogP contribution in [0.15, 0.2) is 11.6 Å². The lowest BCUT2D eigenvalue weighted by atomic mass is 9.86. The molecule has 8 heteroatoms. The number of piperazine rings is 2. The number of nitrogens with zero attached hydrogens (tertiary/aromatic N) is 8. The predicted octanol–water partition coefficient (Wildman–Crippen LogP) is 15.4. The second-order valence-electron chi connectivity index (χ2n) is 23.0. The summed E-state index contributed by atoms with van der Waals surface area (Å²) >= 11 is 0. The highest BCUT2D eigenvalue weighted by atomic mass is 15.4. The largest absolute Gasteiger partial charge is 0.301 e. The van der Waals surface area contributed by atoms with Gasteiger partial charge >= 0.3 is 0 Å². The Kier molecular flexibility index (Phi) is 50.3. The fraction of sp³-hybridized carbons (Fsp3) is 0.969. The minimum Gasteiger partial charge on any atom is -0.301 e. The highest BCUT2D eigenvalue weighted by molar-refractivity contribution is 5.09. The molecule has 0 radical (unpaired) electrons. The van der Waals surface area contributed by atoms with Crippen LogP contribution in [0.1, 0.15) is 240 Å². The molecule has 0 aromatic carbocycles. The number of piperidine rings is 1. The van der Waals surface area contributed by atoms with Gasteiger partial charge in [-0.25, -0.2) is 0 Å². The summed E-state index contributed by atoms with van der Waals surface area (Å²) < 4.78 is 0. The molecule has 6 aliphatic heterocycles. The molecule has 0 aliphatic carbocycles. The van der Waals surface area contributed by atoms with E-state index in [1.54, 1.807) is 5.57 Å². The van der Waals surface area contributed by atoms with Gasteiger partial charge in [-0.2, -0.15) is 0 Å². The van der Waals surface area contributed by atoms with Crippen LogP contribution < -0.4 is 0 Å². The summed E-state index contributed by atoms with van der Waals surface area (Å²) in [6.07, 6.45) is 9.25. The molecule has 2 unspecified atom stereocenters. The van der Waals surface area contributed by atoms with Gasteiger partial charge in [-0.3, -0.25) is 34.3 Å². The Bertz CT molecular complexity index is 1060. The zero-order chi connectivity index (χ0) is 56.8. The number of hydrogen-bond acceptors (Lipinski definition) is 8. The molecule has 2 atom stereocenters. The van der Waals surface area contributed by atoms with E-state index in [2.05, 4.69) is 184 Å². The van der Waals surface area contributed by atoms with Crippen molar-refractivity contribution in [2.45, 2.75) is 300 Å². The first kappa shape index (κ1) is 77.9. The van der Waals surface area contributed by atoms with E-state index in [1.165, 1.54) is 117 Å². The summed E-state index contributed by atoms with van der Waals surface area (Å²) in [5, 5.41) is 0. The third-order valence-electron chi connectivity index (χ3n) is 15.5. The molecule has 6 heterocycles. The number of fused-ring (bicyclic) bond motifs is 2. The van der Waals surface area contributed by atoms with Crippen molar-refractivity contribution in [2.24, 2.45) is 17.8 Å². The highest BCUT2D eigenvalue weighted by Gasteiger charge is 2.44.